The minimum absolute atomic E-state index is 0.250. The highest BCUT2D eigenvalue weighted by atomic mass is 19.4. The maximum Gasteiger partial charge on any atom is 0.397 e. The van der Waals surface area contributed by atoms with Gasteiger partial charge in [0.05, 0.1) is 6.54 Å². The molecule has 0 heterocycles. The van der Waals surface area contributed by atoms with Gasteiger partial charge in [-0.2, -0.15) is 13.2 Å². The Kier molecular flexibility index (Phi) is 4.80. The summed E-state index contributed by atoms with van der Waals surface area (Å²) in [5.74, 6) is -1.29. The highest BCUT2D eigenvalue weighted by molar-refractivity contribution is 5.87. The van der Waals surface area contributed by atoms with Gasteiger partial charge in [-0.3, -0.25) is 4.79 Å². The number of nitrogens with two attached hydrogens (primary N) is 1. The standard InChI is InChI=1S/C10H16F3N3O2/c11-10(12,13)5-9(17)16(6-8(14)15-18)7-3-1-2-4-7/h7,18H,1-6H2,(H2,14,15). The van der Waals surface area contributed by atoms with Crippen LogP contribution in [0.3, 0.4) is 0 Å². The van der Waals surface area contributed by atoms with E-state index in [9.17, 15) is 18.0 Å². The summed E-state index contributed by atoms with van der Waals surface area (Å²) in [6.07, 6.45) is -3.00. The maximum absolute atomic E-state index is 12.2. The summed E-state index contributed by atoms with van der Waals surface area (Å²) in [7, 11) is 0. The van der Waals surface area contributed by atoms with Crippen LogP contribution >= 0.6 is 0 Å². The predicted molar refractivity (Wildman–Crippen MR) is 58.0 cm³/mol. The Morgan fingerprint density at radius 3 is 2.39 bits per heavy atom. The fraction of sp³-hybridized carbons (Fsp3) is 0.800. The topological polar surface area (TPSA) is 78.9 Å². The van der Waals surface area contributed by atoms with Crippen molar-refractivity contribution < 1.29 is 23.2 Å². The summed E-state index contributed by atoms with van der Waals surface area (Å²) in [6, 6.07) is -0.250. The van der Waals surface area contributed by atoms with Crippen molar-refractivity contribution in [3.8, 4) is 0 Å². The first-order chi connectivity index (χ1) is 8.33. The molecule has 1 fully saturated rings. The Balaban J connectivity index is 2.72. The van der Waals surface area contributed by atoms with Gasteiger partial charge in [0.2, 0.25) is 5.91 Å². The molecule has 1 amide bonds. The molecule has 1 rings (SSSR count). The maximum atomic E-state index is 12.2. The van der Waals surface area contributed by atoms with Gasteiger partial charge in [-0.05, 0) is 12.8 Å². The van der Waals surface area contributed by atoms with Gasteiger partial charge in [0.15, 0.2) is 5.84 Å². The molecular weight excluding hydrogens is 251 g/mol. The molecule has 1 aliphatic carbocycles. The van der Waals surface area contributed by atoms with Gasteiger partial charge in [0.1, 0.15) is 6.42 Å². The zero-order valence-corrected chi connectivity index (χ0v) is 9.78. The van der Waals surface area contributed by atoms with E-state index < -0.39 is 18.5 Å². The lowest BCUT2D eigenvalue weighted by Gasteiger charge is -2.28. The van der Waals surface area contributed by atoms with Crippen molar-refractivity contribution in [2.75, 3.05) is 6.54 Å². The molecule has 0 unspecified atom stereocenters. The summed E-state index contributed by atoms with van der Waals surface area (Å²) >= 11 is 0. The third kappa shape index (κ3) is 4.42. The number of rotatable bonds is 4. The largest absolute Gasteiger partial charge is 0.409 e. The van der Waals surface area contributed by atoms with Crippen molar-refractivity contribution >= 4 is 11.7 Å². The van der Waals surface area contributed by atoms with Crippen LogP contribution in [0.1, 0.15) is 32.1 Å². The summed E-state index contributed by atoms with van der Waals surface area (Å²) < 4.78 is 36.6. The van der Waals surface area contributed by atoms with Crippen molar-refractivity contribution in [3.63, 3.8) is 0 Å². The second-order valence-electron chi connectivity index (χ2n) is 4.34. The number of amides is 1. The molecule has 3 N–H and O–H groups in total. The van der Waals surface area contributed by atoms with Crippen LogP contribution in [0.2, 0.25) is 0 Å². The summed E-state index contributed by atoms with van der Waals surface area (Å²) in [6.45, 7) is -0.268. The number of hydrogen-bond acceptors (Lipinski definition) is 3. The van der Waals surface area contributed by atoms with Crippen LogP contribution in [0.15, 0.2) is 5.16 Å². The molecule has 0 aliphatic heterocycles. The van der Waals surface area contributed by atoms with Gasteiger partial charge in [-0.15, -0.1) is 0 Å². The number of nitrogens with zero attached hydrogens (tertiary/aromatic N) is 2. The Morgan fingerprint density at radius 2 is 1.94 bits per heavy atom. The second kappa shape index (κ2) is 5.92. The van der Waals surface area contributed by atoms with E-state index in [4.69, 9.17) is 10.9 Å². The molecule has 5 nitrogen and oxygen atoms in total. The number of oxime groups is 1. The average Bonchev–Trinajstić information content (AvgIpc) is 2.75. The molecule has 0 spiro atoms. The van der Waals surface area contributed by atoms with Crippen molar-refractivity contribution in [2.24, 2.45) is 10.9 Å². The number of carbonyl (C=O) groups is 1. The van der Waals surface area contributed by atoms with Gasteiger partial charge >= 0.3 is 6.18 Å². The van der Waals surface area contributed by atoms with Crippen molar-refractivity contribution in [3.05, 3.63) is 0 Å². The number of halogens is 3. The van der Waals surface area contributed by atoms with E-state index >= 15 is 0 Å². The smallest absolute Gasteiger partial charge is 0.397 e. The molecule has 1 aliphatic rings. The number of carbonyl (C=O) groups excluding carboxylic acids is 1. The quantitative estimate of drug-likeness (QED) is 0.350. The van der Waals surface area contributed by atoms with E-state index in [1.165, 1.54) is 0 Å². The minimum atomic E-state index is -4.54. The minimum Gasteiger partial charge on any atom is -0.409 e. The van der Waals surface area contributed by atoms with Gasteiger partial charge in [-0.25, -0.2) is 0 Å². The van der Waals surface area contributed by atoms with Crippen LogP contribution in [-0.2, 0) is 4.79 Å². The molecule has 0 atom stereocenters. The molecule has 104 valence electrons. The van der Waals surface area contributed by atoms with Crippen molar-refractivity contribution in [1.29, 1.82) is 0 Å². The molecular formula is C10H16F3N3O2. The normalized spacial score (nSPS) is 18.1. The fourth-order valence-electron chi connectivity index (χ4n) is 2.12. The van der Waals surface area contributed by atoms with Crippen LogP contribution in [0.25, 0.3) is 0 Å². The first-order valence-electron chi connectivity index (χ1n) is 5.66. The van der Waals surface area contributed by atoms with Crippen molar-refractivity contribution in [2.45, 2.75) is 44.3 Å². The molecule has 8 heteroatoms. The molecule has 18 heavy (non-hydrogen) atoms. The van der Waals surface area contributed by atoms with Crippen LogP contribution in [0.5, 0.6) is 0 Å². The van der Waals surface area contributed by atoms with E-state index in [0.29, 0.717) is 12.8 Å². The lowest BCUT2D eigenvalue weighted by molar-refractivity contribution is -0.162. The molecule has 0 saturated heterocycles. The lowest BCUT2D eigenvalue weighted by Crippen LogP contribution is -2.45. The van der Waals surface area contributed by atoms with E-state index in [1.54, 1.807) is 0 Å². The Hall–Kier alpha value is -1.47. The van der Waals surface area contributed by atoms with E-state index in [-0.39, 0.29) is 18.4 Å². The zero-order chi connectivity index (χ0) is 13.8. The highest BCUT2D eigenvalue weighted by Gasteiger charge is 2.36. The first-order valence-corrected chi connectivity index (χ1v) is 5.66. The van der Waals surface area contributed by atoms with Crippen LogP contribution in [0, 0.1) is 0 Å². The Bertz CT molecular complexity index is 325. The number of alkyl halides is 3. The lowest BCUT2D eigenvalue weighted by atomic mass is 10.2. The highest BCUT2D eigenvalue weighted by Crippen LogP contribution is 2.27. The third-order valence-electron chi connectivity index (χ3n) is 2.90. The zero-order valence-electron chi connectivity index (χ0n) is 9.78. The van der Waals surface area contributed by atoms with Gasteiger partial charge in [-0.1, -0.05) is 18.0 Å². The monoisotopic (exact) mass is 267 g/mol. The van der Waals surface area contributed by atoms with E-state index in [2.05, 4.69) is 5.16 Å². The molecule has 0 radical (unpaired) electrons. The molecule has 0 aromatic heterocycles. The van der Waals surface area contributed by atoms with Gasteiger partial charge < -0.3 is 15.8 Å². The van der Waals surface area contributed by atoms with Crippen molar-refractivity contribution in [1.82, 2.24) is 4.90 Å². The van der Waals surface area contributed by atoms with Gasteiger partial charge in [0.25, 0.3) is 0 Å². The van der Waals surface area contributed by atoms with Crippen LogP contribution < -0.4 is 5.73 Å². The van der Waals surface area contributed by atoms with Gasteiger partial charge in [0, 0.05) is 6.04 Å². The molecule has 0 bridgehead atoms. The van der Waals surface area contributed by atoms with E-state index in [1.807, 2.05) is 0 Å². The van der Waals surface area contributed by atoms with E-state index in [0.717, 1.165) is 17.7 Å². The second-order valence-corrected chi connectivity index (χ2v) is 4.34. The van der Waals surface area contributed by atoms with Crippen LogP contribution in [-0.4, -0.2) is 40.6 Å². The summed E-state index contributed by atoms with van der Waals surface area (Å²) in [4.78, 5) is 12.7. The molecule has 0 aromatic carbocycles. The molecule has 1 saturated carbocycles. The SMILES string of the molecule is NC(CN(C(=O)CC(F)(F)F)C1CCCC1)=NO. The average molecular weight is 267 g/mol. The number of hydrogen-bond donors (Lipinski definition) is 2. The Morgan fingerprint density at radius 1 is 1.39 bits per heavy atom. The van der Waals surface area contributed by atoms with Crippen LogP contribution in [0.4, 0.5) is 13.2 Å². The Labute approximate surface area is 102 Å². The molecule has 0 aromatic rings. The summed E-state index contributed by atoms with van der Waals surface area (Å²) in [5, 5.41) is 11.1. The first kappa shape index (κ1) is 14.6. The number of amidine groups is 1. The third-order valence-corrected chi connectivity index (χ3v) is 2.90. The summed E-state index contributed by atoms with van der Waals surface area (Å²) in [5.41, 5.74) is 5.27. The fourth-order valence-corrected chi connectivity index (χ4v) is 2.12. The predicted octanol–water partition coefficient (Wildman–Crippen LogP) is 1.46.